The van der Waals surface area contributed by atoms with Gasteiger partial charge in [0, 0.05) is 37.8 Å². The molecular weight excluding hydrogens is 431 g/mol. The Balaban J connectivity index is 1.58. The largest absolute Gasteiger partial charge is 0.416 e. The Hall–Kier alpha value is -3.57. The molecule has 8 heteroatoms. The van der Waals surface area contributed by atoms with E-state index in [2.05, 4.69) is 11.8 Å². The Kier molecular flexibility index (Phi) is 6.25. The van der Waals surface area contributed by atoms with Crippen LogP contribution in [-0.4, -0.2) is 27.1 Å². The number of halogens is 3. The minimum absolute atomic E-state index is 0.0925. The van der Waals surface area contributed by atoms with Crippen LogP contribution >= 0.6 is 0 Å². The Labute approximate surface area is 188 Å². The van der Waals surface area contributed by atoms with Gasteiger partial charge in [0.25, 0.3) is 5.56 Å². The molecule has 0 spiro atoms. The first-order valence-corrected chi connectivity index (χ1v) is 10.5. The summed E-state index contributed by atoms with van der Waals surface area (Å²) in [6.07, 6.45) is -3.89. The number of hydrogen-bond acceptors (Lipinski definition) is 3. The fourth-order valence-electron chi connectivity index (χ4n) is 3.95. The van der Waals surface area contributed by atoms with E-state index in [4.69, 9.17) is 0 Å². The first kappa shape index (κ1) is 22.6. The van der Waals surface area contributed by atoms with Crippen LogP contribution in [0.2, 0.25) is 0 Å². The van der Waals surface area contributed by atoms with Crippen molar-refractivity contribution in [1.82, 2.24) is 14.0 Å². The van der Waals surface area contributed by atoms with Crippen molar-refractivity contribution < 1.29 is 13.2 Å². The third-order valence-corrected chi connectivity index (χ3v) is 5.75. The molecule has 0 saturated heterocycles. The lowest BCUT2D eigenvalue weighted by Gasteiger charge is -2.28. The summed E-state index contributed by atoms with van der Waals surface area (Å²) in [4.78, 5) is 28.0. The maximum atomic E-state index is 13.2. The van der Waals surface area contributed by atoms with Crippen LogP contribution in [0.25, 0.3) is 0 Å². The quantitative estimate of drug-likeness (QED) is 0.573. The van der Waals surface area contributed by atoms with E-state index in [1.54, 1.807) is 7.05 Å². The van der Waals surface area contributed by atoms with Gasteiger partial charge in [-0.25, -0.2) is 4.79 Å². The minimum Gasteiger partial charge on any atom is -0.300 e. The average molecular weight is 453 g/mol. The lowest BCUT2D eigenvalue weighted by Crippen LogP contribution is -2.47. The molecule has 0 bridgehead atoms. The predicted octanol–water partition coefficient (Wildman–Crippen LogP) is 3.02. The van der Waals surface area contributed by atoms with E-state index < -0.39 is 23.0 Å². The highest BCUT2D eigenvalue weighted by Gasteiger charge is 2.30. The van der Waals surface area contributed by atoms with Gasteiger partial charge in [0.05, 0.1) is 24.2 Å². The van der Waals surface area contributed by atoms with Crippen LogP contribution in [0.15, 0.2) is 64.2 Å². The Morgan fingerprint density at radius 2 is 1.70 bits per heavy atom. The zero-order chi connectivity index (χ0) is 23.6. The number of nitrogens with zero attached hydrogens (tertiary/aromatic N) is 3. The van der Waals surface area contributed by atoms with Gasteiger partial charge in [0.2, 0.25) is 0 Å². The van der Waals surface area contributed by atoms with Gasteiger partial charge < -0.3 is 4.57 Å². The third-order valence-electron chi connectivity index (χ3n) is 5.75. The summed E-state index contributed by atoms with van der Waals surface area (Å²) in [5.74, 6) is 6.23. The molecule has 170 valence electrons. The average Bonchev–Trinajstić information content (AvgIpc) is 2.81. The first-order valence-electron chi connectivity index (χ1n) is 10.5. The van der Waals surface area contributed by atoms with E-state index in [1.807, 2.05) is 35.2 Å². The first-order chi connectivity index (χ1) is 15.7. The summed E-state index contributed by atoms with van der Waals surface area (Å²) in [6.45, 7) is 1.42. The molecule has 1 aliphatic heterocycles. The second-order valence-corrected chi connectivity index (χ2v) is 7.98. The van der Waals surface area contributed by atoms with Crippen LogP contribution in [0.1, 0.15) is 27.9 Å². The zero-order valence-corrected chi connectivity index (χ0v) is 18.0. The van der Waals surface area contributed by atoms with Crippen LogP contribution < -0.4 is 11.2 Å². The highest BCUT2D eigenvalue weighted by atomic mass is 19.4. The second-order valence-electron chi connectivity index (χ2n) is 7.98. The standard InChI is InChI=1S/C25H22F3N3O2/c1-29-22-13-15-30(14-5-8-18-6-3-2-4-7-18)17-21(22)23(32)31(24(29)33)16-19-9-11-20(12-10-19)25(26,27)28/h2-4,6-7,9-12H,13-17H2,1H3. The SMILES string of the molecule is Cn1c2c(c(=O)n(Cc3ccc(C(F)(F)F)cc3)c1=O)CN(CC#Cc1ccccc1)CC2. The maximum Gasteiger partial charge on any atom is 0.416 e. The number of alkyl halides is 3. The second kappa shape index (κ2) is 9.12. The zero-order valence-electron chi connectivity index (χ0n) is 18.0. The summed E-state index contributed by atoms with van der Waals surface area (Å²) in [7, 11) is 1.62. The Morgan fingerprint density at radius 1 is 1.00 bits per heavy atom. The topological polar surface area (TPSA) is 47.2 Å². The molecule has 0 unspecified atom stereocenters. The van der Waals surface area contributed by atoms with Crippen molar-refractivity contribution in [3.63, 3.8) is 0 Å². The van der Waals surface area contributed by atoms with E-state index in [1.165, 1.54) is 16.7 Å². The minimum atomic E-state index is -4.44. The van der Waals surface area contributed by atoms with Gasteiger partial charge >= 0.3 is 11.9 Å². The molecule has 5 nitrogen and oxygen atoms in total. The van der Waals surface area contributed by atoms with Gasteiger partial charge in [-0.05, 0) is 29.8 Å². The van der Waals surface area contributed by atoms with Crippen molar-refractivity contribution in [1.29, 1.82) is 0 Å². The number of fused-ring (bicyclic) bond motifs is 1. The third kappa shape index (κ3) is 4.94. The van der Waals surface area contributed by atoms with Gasteiger partial charge in [0.1, 0.15) is 0 Å². The molecule has 1 aromatic heterocycles. The van der Waals surface area contributed by atoms with E-state index in [-0.39, 0.29) is 6.54 Å². The molecule has 2 aromatic carbocycles. The molecule has 0 radical (unpaired) electrons. The summed E-state index contributed by atoms with van der Waals surface area (Å²) in [5.41, 5.74) is 0.923. The fourth-order valence-corrected chi connectivity index (χ4v) is 3.95. The Morgan fingerprint density at radius 3 is 2.36 bits per heavy atom. The molecule has 3 aromatic rings. The number of aromatic nitrogens is 2. The highest BCUT2D eigenvalue weighted by Crippen LogP contribution is 2.29. The molecule has 0 N–H and O–H groups in total. The van der Waals surface area contributed by atoms with Gasteiger partial charge in [-0.1, -0.05) is 42.2 Å². The summed E-state index contributed by atoms with van der Waals surface area (Å²) < 4.78 is 41.0. The van der Waals surface area contributed by atoms with Crippen molar-refractivity contribution in [2.45, 2.75) is 25.7 Å². The van der Waals surface area contributed by atoms with Crippen molar-refractivity contribution in [2.75, 3.05) is 13.1 Å². The highest BCUT2D eigenvalue weighted by molar-refractivity contribution is 5.34. The summed E-state index contributed by atoms with van der Waals surface area (Å²) >= 11 is 0. The molecule has 0 amide bonds. The van der Waals surface area contributed by atoms with Gasteiger partial charge in [-0.15, -0.1) is 0 Å². The predicted molar refractivity (Wildman–Crippen MR) is 119 cm³/mol. The molecule has 0 aliphatic carbocycles. The van der Waals surface area contributed by atoms with Crippen LogP contribution in [0, 0.1) is 11.8 Å². The van der Waals surface area contributed by atoms with Crippen molar-refractivity contribution in [3.8, 4) is 11.8 Å². The molecule has 1 aliphatic rings. The van der Waals surface area contributed by atoms with Gasteiger partial charge in [0.15, 0.2) is 0 Å². The van der Waals surface area contributed by atoms with Crippen LogP contribution in [0.3, 0.4) is 0 Å². The summed E-state index contributed by atoms with van der Waals surface area (Å²) in [5, 5.41) is 0. The van der Waals surface area contributed by atoms with E-state index in [0.29, 0.717) is 42.9 Å². The molecular formula is C25H22F3N3O2. The number of rotatable bonds is 3. The van der Waals surface area contributed by atoms with Crippen LogP contribution in [0.4, 0.5) is 13.2 Å². The van der Waals surface area contributed by atoms with Crippen molar-refractivity contribution >= 4 is 0 Å². The molecule has 0 saturated carbocycles. The normalized spacial score (nSPS) is 13.8. The lowest BCUT2D eigenvalue weighted by molar-refractivity contribution is -0.137. The van der Waals surface area contributed by atoms with Gasteiger partial charge in [-0.3, -0.25) is 14.3 Å². The van der Waals surface area contributed by atoms with E-state index >= 15 is 0 Å². The lowest BCUT2D eigenvalue weighted by atomic mass is 10.1. The Bertz CT molecular complexity index is 1330. The van der Waals surface area contributed by atoms with Crippen molar-refractivity contribution in [2.24, 2.45) is 7.05 Å². The molecule has 4 rings (SSSR count). The van der Waals surface area contributed by atoms with Crippen molar-refractivity contribution in [3.05, 3.63) is 103 Å². The number of hydrogen-bond donors (Lipinski definition) is 0. The molecule has 2 heterocycles. The van der Waals surface area contributed by atoms with Crippen LogP contribution in [-0.2, 0) is 32.7 Å². The smallest absolute Gasteiger partial charge is 0.300 e. The van der Waals surface area contributed by atoms with E-state index in [9.17, 15) is 22.8 Å². The summed E-state index contributed by atoms with van der Waals surface area (Å²) in [6, 6.07) is 14.1. The van der Waals surface area contributed by atoms with E-state index in [0.717, 1.165) is 22.3 Å². The monoisotopic (exact) mass is 453 g/mol. The van der Waals surface area contributed by atoms with Crippen LogP contribution in [0.5, 0.6) is 0 Å². The van der Waals surface area contributed by atoms with Gasteiger partial charge in [-0.2, -0.15) is 13.2 Å². The molecule has 33 heavy (non-hydrogen) atoms. The maximum absolute atomic E-state index is 13.2. The molecule has 0 fully saturated rings. The molecule has 0 atom stereocenters. The fraction of sp³-hybridized carbons (Fsp3) is 0.280. The number of benzene rings is 2.